The van der Waals surface area contributed by atoms with E-state index in [-0.39, 0.29) is 0 Å². The molecule has 0 aromatic heterocycles. The van der Waals surface area contributed by atoms with Gasteiger partial charge in [0.15, 0.2) is 0 Å². The minimum atomic E-state index is 0.450. The second-order valence-electron chi connectivity index (χ2n) is 2.58. The molecular weight excluding hydrogens is 176 g/mol. The normalized spacial score (nSPS) is 8.57. The first-order valence-corrected chi connectivity index (χ1v) is 4.64. The number of anilines is 1. The largest absolute Gasteiger partial charge is 0.497 e. The Labute approximate surface area is 85.4 Å². The van der Waals surface area contributed by atoms with Crippen molar-refractivity contribution in [3.63, 3.8) is 0 Å². The molecule has 0 amide bonds. The number of methoxy groups -OCH3 is 1. The van der Waals surface area contributed by atoms with Gasteiger partial charge in [-0.1, -0.05) is 13.8 Å². The first-order chi connectivity index (χ1) is 6.65. The summed E-state index contributed by atoms with van der Waals surface area (Å²) in [4.78, 5) is 0. The van der Waals surface area contributed by atoms with Gasteiger partial charge in [-0.2, -0.15) is 0 Å². The fourth-order valence-electron chi connectivity index (χ4n) is 0.987. The maximum absolute atomic E-state index is 7.41. The molecule has 0 atom stereocenters. The molecule has 0 saturated heterocycles. The van der Waals surface area contributed by atoms with E-state index in [1.165, 1.54) is 0 Å². The van der Waals surface area contributed by atoms with Crippen LogP contribution in [0.4, 0.5) is 5.69 Å². The Morgan fingerprint density at radius 3 is 2.36 bits per heavy atom. The number of nitrogens with two attached hydrogens (primary N) is 1. The molecule has 0 spiro atoms. The van der Waals surface area contributed by atoms with Gasteiger partial charge in [-0.05, 0) is 25.1 Å². The Kier molecular flexibility index (Phi) is 5.37. The quantitative estimate of drug-likeness (QED) is 0.561. The number of ether oxygens (including phenoxy) is 1. The number of nitrogens with one attached hydrogen (secondary N) is 1. The molecule has 0 unspecified atom stereocenters. The number of hydrogen-bond donors (Lipinski definition) is 2. The minimum absolute atomic E-state index is 0.450. The molecule has 1 aromatic carbocycles. The Bertz CT molecular complexity index is 308. The van der Waals surface area contributed by atoms with Gasteiger partial charge < -0.3 is 15.9 Å². The lowest BCUT2D eigenvalue weighted by Gasteiger charge is -2.05. The van der Waals surface area contributed by atoms with Crippen LogP contribution < -0.4 is 10.5 Å². The summed E-state index contributed by atoms with van der Waals surface area (Å²) in [5, 5.41) is 7.41. The Morgan fingerprint density at radius 2 is 1.93 bits per heavy atom. The summed E-state index contributed by atoms with van der Waals surface area (Å²) in [7, 11) is 1.59. The third kappa shape index (κ3) is 3.09. The van der Waals surface area contributed by atoms with E-state index < -0.39 is 0 Å². The van der Waals surface area contributed by atoms with Crippen molar-refractivity contribution in [2.75, 3.05) is 12.8 Å². The summed E-state index contributed by atoms with van der Waals surface area (Å²) < 4.78 is 5.01. The van der Waals surface area contributed by atoms with Crippen LogP contribution in [0.2, 0.25) is 0 Å². The van der Waals surface area contributed by atoms with Crippen LogP contribution in [-0.2, 0) is 0 Å². The van der Waals surface area contributed by atoms with E-state index in [2.05, 4.69) is 0 Å². The third-order valence-corrected chi connectivity index (χ3v) is 1.66. The highest BCUT2D eigenvalue weighted by Gasteiger charge is 2.02. The highest BCUT2D eigenvalue weighted by molar-refractivity contribution is 6.01. The molecule has 0 aliphatic carbocycles. The van der Waals surface area contributed by atoms with Gasteiger partial charge in [0.05, 0.1) is 7.11 Å². The molecule has 0 radical (unpaired) electrons. The third-order valence-electron chi connectivity index (χ3n) is 1.66. The fraction of sp³-hybridized carbons (Fsp3) is 0.364. The summed E-state index contributed by atoms with van der Waals surface area (Å²) in [5.74, 6) is 0.728. The van der Waals surface area contributed by atoms with Gasteiger partial charge in [-0.15, -0.1) is 0 Å². The molecule has 3 heteroatoms. The molecule has 0 fully saturated rings. The predicted octanol–water partition coefficient (Wildman–Crippen LogP) is 2.69. The van der Waals surface area contributed by atoms with Crippen molar-refractivity contribution >= 4 is 11.4 Å². The first kappa shape index (κ1) is 12.5. The molecule has 0 bridgehead atoms. The van der Waals surface area contributed by atoms with Crippen molar-refractivity contribution in [2.24, 2.45) is 0 Å². The van der Waals surface area contributed by atoms with Crippen molar-refractivity contribution in [1.29, 1.82) is 5.41 Å². The first-order valence-electron chi connectivity index (χ1n) is 4.64. The summed E-state index contributed by atoms with van der Waals surface area (Å²) in [5.41, 5.74) is 7.44. The maximum Gasteiger partial charge on any atom is 0.119 e. The number of nitrogen functional groups attached to an aromatic ring is 1. The smallest absolute Gasteiger partial charge is 0.119 e. The topological polar surface area (TPSA) is 59.1 Å². The Morgan fingerprint density at radius 1 is 1.36 bits per heavy atom. The molecule has 0 aliphatic rings. The molecule has 78 valence electrons. The zero-order valence-corrected chi connectivity index (χ0v) is 9.22. The number of benzene rings is 1. The van der Waals surface area contributed by atoms with Gasteiger partial charge in [0.1, 0.15) is 5.75 Å². The minimum Gasteiger partial charge on any atom is -0.497 e. The van der Waals surface area contributed by atoms with Crippen molar-refractivity contribution in [3.05, 3.63) is 23.8 Å². The molecule has 0 heterocycles. The van der Waals surface area contributed by atoms with Crippen LogP contribution in [0.15, 0.2) is 18.2 Å². The van der Waals surface area contributed by atoms with Crippen LogP contribution in [0.5, 0.6) is 5.75 Å². The van der Waals surface area contributed by atoms with Crippen LogP contribution in [0.3, 0.4) is 0 Å². The molecule has 0 saturated carbocycles. The second-order valence-corrected chi connectivity index (χ2v) is 2.58. The van der Waals surface area contributed by atoms with Gasteiger partial charge >= 0.3 is 0 Å². The van der Waals surface area contributed by atoms with E-state index in [1.54, 1.807) is 32.2 Å². The van der Waals surface area contributed by atoms with Crippen molar-refractivity contribution in [1.82, 2.24) is 0 Å². The molecule has 3 N–H and O–H groups in total. The summed E-state index contributed by atoms with van der Waals surface area (Å²) in [6, 6.07) is 5.28. The van der Waals surface area contributed by atoms with Gasteiger partial charge in [-0.3, -0.25) is 0 Å². The lowest BCUT2D eigenvalue weighted by atomic mass is 10.1. The molecule has 1 rings (SSSR count). The molecule has 0 aliphatic heterocycles. The molecule has 3 nitrogen and oxygen atoms in total. The van der Waals surface area contributed by atoms with Gasteiger partial charge in [0.2, 0.25) is 0 Å². The van der Waals surface area contributed by atoms with Crippen molar-refractivity contribution in [3.8, 4) is 5.75 Å². The van der Waals surface area contributed by atoms with Crippen molar-refractivity contribution in [2.45, 2.75) is 20.8 Å². The van der Waals surface area contributed by atoms with Crippen LogP contribution in [0.1, 0.15) is 26.3 Å². The van der Waals surface area contributed by atoms with Crippen LogP contribution in [0.25, 0.3) is 0 Å². The fourth-order valence-corrected chi connectivity index (χ4v) is 0.987. The lowest BCUT2D eigenvalue weighted by molar-refractivity contribution is 0.415. The van der Waals surface area contributed by atoms with Gasteiger partial charge in [0, 0.05) is 17.0 Å². The SMILES string of the molecule is CC.COc1ccc(N)c(C(C)=N)c1. The second kappa shape index (κ2) is 6.02. The summed E-state index contributed by atoms with van der Waals surface area (Å²) >= 11 is 0. The van der Waals surface area contributed by atoms with Gasteiger partial charge in [-0.25, -0.2) is 0 Å². The standard InChI is InChI=1S/C9H12N2O.C2H6/c1-6(10)8-5-7(12-2)3-4-9(8)11;1-2/h3-5,10H,11H2,1-2H3;1-2H3. The number of hydrogen-bond acceptors (Lipinski definition) is 3. The number of rotatable bonds is 2. The van der Waals surface area contributed by atoms with E-state index in [0.29, 0.717) is 11.4 Å². The molecular formula is C11H18N2O. The molecule has 1 aromatic rings. The zero-order chi connectivity index (χ0) is 11.1. The lowest BCUT2D eigenvalue weighted by Crippen LogP contribution is -1.99. The van der Waals surface area contributed by atoms with Crippen LogP contribution in [-0.4, -0.2) is 12.8 Å². The highest BCUT2D eigenvalue weighted by atomic mass is 16.5. The van der Waals surface area contributed by atoms with E-state index in [9.17, 15) is 0 Å². The van der Waals surface area contributed by atoms with E-state index >= 15 is 0 Å². The summed E-state index contributed by atoms with van der Waals surface area (Å²) in [6.45, 7) is 5.70. The van der Waals surface area contributed by atoms with Crippen LogP contribution in [0, 0.1) is 5.41 Å². The van der Waals surface area contributed by atoms with E-state index in [4.69, 9.17) is 15.9 Å². The zero-order valence-electron chi connectivity index (χ0n) is 9.22. The molecule has 14 heavy (non-hydrogen) atoms. The van der Waals surface area contributed by atoms with Gasteiger partial charge in [0.25, 0.3) is 0 Å². The Balaban J connectivity index is 0.000000791. The Hall–Kier alpha value is -1.51. The summed E-state index contributed by atoms with van der Waals surface area (Å²) in [6.07, 6.45) is 0. The van der Waals surface area contributed by atoms with Crippen LogP contribution >= 0.6 is 0 Å². The average molecular weight is 194 g/mol. The highest BCUT2D eigenvalue weighted by Crippen LogP contribution is 2.19. The average Bonchev–Trinajstić information content (AvgIpc) is 2.21. The maximum atomic E-state index is 7.41. The van der Waals surface area contributed by atoms with E-state index in [0.717, 1.165) is 11.3 Å². The monoisotopic (exact) mass is 194 g/mol. The van der Waals surface area contributed by atoms with E-state index in [1.807, 2.05) is 13.8 Å². The predicted molar refractivity (Wildman–Crippen MR) is 61.3 cm³/mol. The van der Waals surface area contributed by atoms with Crippen molar-refractivity contribution < 1.29 is 4.74 Å².